The molecular weight excluding hydrogens is 552 g/mol. The molecule has 2 aromatic carbocycles. The van der Waals surface area contributed by atoms with E-state index in [4.69, 9.17) is 14.2 Å². The molecule has 0 aromatic heterocycles. The summed E-state index contributed by atoms with van der Waals surface area (Å²) in [5, 5.41) is 0. The molecule has 0 spiro atoms. The molecule has 0 N–H and O–H groups in total. The average molecular weight is 607 g/mol. The summed E-state index contributed by atoms with van der Waals surface area (Å²) in [6, 6.07) is 17.6. The molecule has 2 heterocycles. The van der Waals surface area contributed by atoms with Gasteiger partial charge in [0.1, 0.15) is 11.5 Å². The molecule has 0 amide bonds. The van der Waals surface area contributed by atoms with Crippen molar-refractivity contribution in [3.8, 4) is 11.5 Å². The predicted molar refractivity (Wildman–Crippen MR) is 175 cm³/mol. The summed E-state index contributed by atoms with van der Waals surface area (Å²) in [7, 11) is 0. The van der Waals surface area contributed by atoms with Gasteiger partial charge < -0.3 is 24.0 Å². The zero-order chi connectivity index (χ0) is 30.8. The summed E-state index contributed by atoms with van der Waals surface area (Å²) in [5.41, 5.74) is 0.832. The molecule has 0 radical (unpaired) electrons. The van der Waals surface area contributed by atoms with Crippen molar-refractivity contribution < 1.29 is 23.8 Å². The van der Waals surface area contributed by atoms with Gasteiger partial charge in [-0.3, -0.25) is 9.59 Å². The van der Waals surface area contributed by atoms with Gasteiger partial charge in [-0.15, -0.1) is 0 Å². The first-order chi connectivity index (χ1) is 21.6. The highest BCUT2D eigenvalue weighted by molar-refractivity contribution is 5.99. The van der Waals surface area contributed by atoms with Crippen LogP contribution in [0.3, 0.4) is 0 Å². The number of carbonyl (C=O) groups excluding carboxylic acids is 2. The number of esters is 1. The number of ketones is 1. The third-order valence-electron chi connectivity index (χ3n) is 8.68. The highest BCUT2D eigenvalue weighted by Crippen LogP contribution is 2.33. The molecule has 242 valence electrons. The number of hydrogen-bond donors (Lipinski definition) is 0. The maximum absolute atomic E-state index is 11.9. The topological polar surface area (TPSA) is 68.3 Å². The maximum atomic E-state index is 11.9. The van der Waals surface area contributed by atoms with Gasteiger partial charge in [0, 0.05) is 24.6 Å². The van der Waals surface area contributed by atoms with Gasteiger partial charge in [0.15, 0.2) is 5.78 Å². The molecule has 2 aliphatic heterocycles. The van der Waals surface area contributed by atoms with E-state index in [-0.39, 0.29) is 11.9 Å². The summed E-state index contributed by atoms with van der Waals surface area (Å²) >= 11 is 0. The van der Waals surface area contributed by atoms with Gasteiger partial charge in [-0.2, -0.15) is 0 Å². The van der Waals surface area contributed by atoms with Crippen molar-refractivity contribution in [2.75, 3.05) is 59.1 Å². The number of unbranched alkanes of at least 4 members (excludes halogenated alkanes) is 2. The monoisotopic (exact) mass is 606 g/mol. The lowest BCUT2D eigenvalue weighted by atomic mass is 9.98. The number of likely N-dealkylation sites (tertiary alicyclic amines) is 2. The van der Waals surface area contributed by atoms with E-state index >= 15 is 0 Å². The number of rotatable bonds is 16. The number of benzene rings is 2. The smallest absolute Gasteiger partial charge is 0.310 e. The van der Waals surface area contributed by atoms with Crippen molar-refractivity contribution in [3.63, 3.8) is 0 Å². The van der Waals surface area contributed by atoms with E-state index in [9.17, 15) is 9.59 Å². The first-order valence-corrected chi connectivity index (χ1v) is 17.2. The Bertz CT molecular complexity index is 1080. The normalized spacial score (nSPS) is 19.0. The van der Waals surface area contributed by atoms with Crippen molar-refractivity contribution in [1.29, 1.82) is 0 Å². The second-order valence-corrected chi connectivity index (χ2v) is 12.4. The van der Waals surface area contributed by atoms with Crippen LogP contribution in [0.1, 0.15) is 87.9 Å². The van der Waals surface area contributed by atoms with Crippen molar-refractivity contribution in [2.24, 2.45) is 11.8 Å². The van der Waals surface area contributed by atoms with Crippen LogP contribution in [-0.4, -0.2) is 80.6 Å². The van der Waals surface area contributed by atoms with Gasteiger partial charge in [-0.05, 0) is 134 Å². The number of ether oxygens (including phenoxy) is 3. The lowest BCUT2D eigenvalue weighted by Crippen LogP contribution is -2.39. The average Bonchev–Trinajstić information content (AvgIpc) is 3.92. The Labute approximate surface area is 265 Å². The fraction of sp³-hybridized carbons (Fsp3) is 0.622. The molecule has 5 rings (SSSR count). The standard InChI is InChI=1S/C19H29NO3.C18H25NO2/c1-2-22-19(21)17-10-9-14-20(16-17)13-7-4-8-15-23-18-11-5-3-6-12-18;20-18(15-5-6-15)16-7-9-17(10-8-16)21-14-4-13-19-11-2-1-3-12-19/h3,5-6,11-12,17H,2,4,7-10,13-16H2,1H3;7-10,15H,1-6,11-14H2. The van der Waals surface area contributed by atoms with Gasteiger partial charge in [-0.1, -0.05) is 24.6 Å². The third-order valence-corrected chi connectivity index (χ3v) is 8.68. The van der Waals surface area contributed by atoms with Gasteiger partial charge >= 0.3 is 5.97 Å². The summed E-state index contributed by atoms with van der Waals surface area (Å²) in [4.78, 5) is 28.7. The third kappa shape index (κ3) is 12.6. The first kappa shape index (κ1) is 34.0. The summed E-state index contributed by atoms with van der Waals surface area (Å²) < 4.78 is 16.6. The van der Waals surface area contributed by atoms with Crippen LogP contribution in [-0.2, 0) is 9.53 Å². The molecule has 2 aromatic rings. The van der Waals surface area contributed by atoms with Crippen LogP contribution >= 0.6 is 0 Å². The van der Waals surface area contributed by atoms with Crippen molar-refractivity contribution in [2.45, 2.75) is 77.6 Å². The quantitative estimate of drug-likeness (QED) is 0.115. The van der Waals surface area contributed by atoms with Crippen LogP contribution in [0.5, 0.6) is 11.5 Å². The molecule has 1 unspecified atom stereocenters. The number of para-hydroxylation sites is 1. The lowest BCUT2D eigenvalue weighted by Gasteiger charge is -2.31. The molecular formula is C37H54N2O5. The minimum absolute atomic E-state index is 0.0199. The minimum Gasteiger partial charge on any atom is -0.494 e. The minimum atomic E-state index is -0.0199. The molecule has 2 saturated heterocycles. The molecule has 3 aliphatic rings. The Balaban J connectivity index is 0.000000201. The van der Waals surface area contributed by atoms with Crippen LogP contribution in [0.2, 0.25) is 0 Å². The SMILES string of the molecule is CCOC(=O)C1CCCN(CCCCCOc2ccccc2)C1.O=C(c1ccc(OCCCN2CCCCC2)cc1)C1CC1. The van der Waals surface area contributed by atoms with E-state index < -0.39 is 0 Å². The summed E-state index contributed by atoms with van der Waals surface area (Å²) in [5.74, 6) is 2.47. The Kier molecular flexibility index (Phi) is 15.0. The lowest BCUT2D eigenvalue weighted by molar-refractivity contribution is -0.149. The largest absolute Gasteiger partial charge is 0.494 e. The van der Waals surface area contributed by atoms with Crippen LogP contribution in [0.25, 0.3) is 0 Å². The Morgan fingerprint density at radius 2 is 1.34 bits per heavy atom. The maximum Gasteiger partial charge on any atom is 0.310 e. The molecule has 1 saturated carbocycles. The van der Waals surface area contributed by atoms with E-state index in [0.717, 1.165) is 108 Å². The number of carbonyl (C=O) groups is 2. The molecule has 0 bridgehead atoms. The molecule has 1 aliphatic carbocycles. The van der Waals surface area contributed by atoms with Gasteiger partial charge in [0.25, 0.3) is 0 Å². The molecule has 7 nitrogen and oxygen atoms in total. The number of nitrogens with zero attached hydrogens (tertiary/aromatic N) is 2. The van der Waals surface area contributed by atoms with Crippen LogP contribution in [0, 0.1) is 11.8 Å². The van der Waals surface area contributed by atoms with Crippen LogP contribution in [0.4, 0.5) is 0 Å². The number of hydrogen-bond acceptors (Lipinski definition) is 7. The van der Waals surface area contributed by atoms with Crippen molar-refractivity contribution in [1.82, 2.24) is 9.80 Å². The zero-order valence-electron chi connectivity index (χ0n) is 26.9. The number of piperidine rings is 2. The first-order valence-electron chi connectivity index (χ1n) is 17.2. The van der Waals surface area contributed by atoms with E-state index in [2.05, 4.69) is 9.80 Å². The van der Waals surface area contributed by atoms with Crippen LogP contribution < -0.4 is 9.47 Å². The molecule has 1 atom stereocenters. The highest BCUT2D eigenvalue weighted by atomic mass is 16.5. The highest BCUT2D eigenvalue weighted by Gasteiger charge is 2.30. The van der Waals surface area contributed by atoms with E-state index in [1.54, 1.807) is 0 Å². The Morgan fingerprint density at radius 3 is 2.05 bits per heavy atom. The molecule has 3 fully saturated rings. The zero-order valence-corrected chi connectivity index (χ0v) is 26.9. The van der Waals surface area contributed by atoms with Gasteiger partial charge in [0.05, 0.1) is 25.7 Å². The van der Waals surface area contributed by atoms with E-state index in [0.29, 0.717) is 18.3 Å². The van der Waals surface area contributed by atoms with E-state index in [1.165, 1.54) is 32.4 Å². The molecule has 44 heavy (non-hydrogen) atoms. The van der Waals surface area contributed by atoms with Crippen LogP contribution in [0.15, 0.2) is 54.6 Å². The Morgan fingerprint density at radius 1 is 0.682 bits per heavy atom. The van der Waals surface area contributed by atoms with E-state index in [1.807, 2.05) is 61.5 Å². The second-order valence-electron chi connectivity index (χ2n) is 12.4. The van der Waals surface area contributed by atoms with Gasteiger partial charge in [0.2, 0.25) is 0 Å². The predicted octanol–water partition coefficient (Wildman–Crippen LogP) is 7.04. The Hall–Kier alpha value is -2.90. The fourth-order valence-electron chi connectivity index (χ4n) is 5.99. The summed E-state index contributed by atoms with van der Waals surface area (Å²) in [6.07, 6.45) is 12.7. The summed E-state index contributed by atoms with van der Waals surface area (Å²) in [6.45, 7) is 10.6. The molecule has 7 heteroatoms. The van der Waals surface area contributed by atoms with Gasteiger partial charge in [-0.25, -0.2) is 0 Å². The second kappa shape index (κ2) is 19.5. The fourth-order valence-corrected chi connectivity index (χ4v) is 5.99. The van der Waals surface area contributed by atoms with Crippen molar-refractivity contribution >= 4 is 11.8 Å². The van der Waals surface area contributed by atoms with Crippen molar-refractivity contribution in [3.05, 3.63) is 60.2 Å². The number of Topliss-reactive ketones (excluding diaryl/α,β-unsaturated/α-hetero) is 1.